The molecule has 0 aliphatic carbocycles. The van der Waals surface area contributed by atoms with E-state index >= 15 is 0 Å². The van der Waals surface area contributed by atoms with Crippen molar-refractivity contribution in [2.24, 2.45) is 5.10 Å². The Morgan fingerprint density at radius 2 is 1.95 bits per heavy atom. The van der Waals surface area contributed by atoms with Crippen LogP contribution in [0.15, 0.2) is 38.6 Å². The summed E-state index contributed by atoms with van der Waals surface area (Å²) in [5, 5.41) is 16.9. The molecule has 6 nitrogen and oxygen atoms in total. The lowest BCUT2D eigenvalue weighted by Gasteiger charge is -2.30. The number of hydrazone groups is 1. The number of likely N-dealkylation sites (N-methyl/N-ethyl adjacent to an activating group) is 1. The fourth-order valence-electron chi connectivity index (χ4n) is 2.31. The molecule has 1 N–H and O–H groups in total. The molecule has 1 aliphatic rings. The number of aromatic hydroxyl groups is 1. The summed E-state index contributed by atoms with van der Waals surface area (Å²) in [5.74, 6) is -0.0836. The lowest BCUT2D eigenvalue weighted by Crippen LogP contribution is -2.41. The second-order valence-electron chi connectivity index (χ2n) is 5.15. The van der Waals surface area contributed by atoms with Crippen molar-refractivity contribution < 1.29 is 9.52 Å². The molecule has 1 fully saturated rings. The van der Waals surface area contributed by atoms with Gasteiger partial charge in [-0.1, -0.05) is 12.1 Å². The lowest BCUT2D eigenvalue weighted by molar-refractivity contribution is 0.159. The Bertz CT molecular complexity index is 731. The van der Waals surface area contributed by atoms with E-state index in [1.54, 1.807) is 24.3 Å². The lowest BCUT2D eigenvalue weighted by atomic mass is 10.1. The SMILES string of the molecule is CN1CCN(N=Cc2c(O)c3ccccc3oc2=O)CC1. The Kier molecular flexibility index (Phi) is 3.62. The quantitative estimate of drug-likeness (QED) is 0.661. The molecule has 1 aromatic heterocycles. The van der Waals surface area contributed by atoms with Crippen LogP contribution in [0.2, 0.25) is 0 Å². The third-order valence-corrected chi connectivity index (χ3v) is 3.65. The van der Waals surface area contributed by atoms with Crippen LogP contribution < -0.4 is 5.63 Å². The van der Waals surface area contributed by atoms with Crippen molar-refractivity contribution in [3.8, 4) is 5.75 Å². The molecule has 0 unspecified atom stereocenters. The maximum absolute atomic E-state index is 11.9. The molecule has 0 atom stereocenters. The van der Waals surface area contributed by atoms with Crippen LogP contribution in [0.3, 0.4) is 0 Å². The standard InChI is InChI=1S/C15H17N3O3/c1-17-6-8-18(9-7-17)16-10-12-14(19)11-4-2-3-5-13(11)21-15(12)20/h2-5,10,19H,6-9H2,1H3. The highest BCUT2D eigenvalue weighted by Gasteiger charge is 2.14. The Labute approximate surface area is 121 Å². The van der Waals surface area contributed by atoms with Gasteiger partial charge in [-0.15, -0.1) is 0 Å². The number of benzene rings is 1. The first-order valence-electron chi connectivity index (χ1n) is 6.87. The molecule has 0 amide bonds. The van der Waals surface area contributed by atoms with Crippen molar-refractivity contribution in [2.75, 3.05) is 33.2 Å². The number of rotatable bonds is 2. The van der Waals surface area contributed by atoms with Crippen molar-refractivity contribution in [3.63, 3.8) is 0 Å². The largest absolute Gasteiger partial charge is 0.506 e. The normalized spacial score (nSPS) is 16.9. The molecule has 2 aromatic rings. The Morgan fingerprint density at radius 1 is 1.24 bits per heavy atom. The number of piperazine rings is 1. The summed E-state index contributed by atoms with van der Waals surface area (Å²) in [4.78, 5) is 14.2. The van der Waals surface area contributed by atoms with Crippen LogP contribution in [0, 0.1) is 0 Å². The van der Waals surface area contributed by atoms with E-state index in [4.69, 9.17) is 4.42 Å². The predicted molar refractivity (Wildman–Crippen MR) is 80.8 cm³/mol. The zero-order valence-corrected chi connectivity index (χ0v) is 11.8. The maximum Gasteiger partial charge on any atom is 0.349 e. The van der Waals surface area contributed by atoms with Gasteiger partial charge in [0.25, 0.3) is 0 Å². The van der Waals surface area contributed by atoms with Crippen molar-refractivity contribution in [1.29, 1.82) is 0 Å². The van der Waals surface area contributed by atoms with Gasteiger partial charge in [0.2, 0.25) is 0 Å². The van der Waals surface area contributed by atoms with Crippen LogP contribution in [-0.2, 0) is 0 Å². The summed E-state index contributed by atoms with van der Waals surface area (Å²) in [6, 6.07) is 6.89. The van der Waals surface area contributed by atoms with Gasteiger partial charge in [-0.2, -0.15) is 5.10 Å². The van der Waals surface area contributed by atoms with Crippen LogP contribution in [0.5, 0.6) is 5.75 Å². The minimum atomic E-state index is -0.580. The molecule has 21 heavy (non-hydrogen) atoms. The fraction of sp³-hybridized carbons (Fsp3) is 0.333. The van der Waals surface area contributed by atoms with E-state index in [9.17, 15) is 9.90 Å². The molecule has 6 heteroatoms. The summed E-state index contributed by atoms with van der Waals surface area (Å²) in [6.45, 7) is 3.45. The van der Waals surface area contributed by atoms with E-state index in [0.29, 0.717) is 11.0 Å². The van der Waals surface area contributed by atoms with Gasteiger partial charge < -0.3 is 14.4 Å². The van der Waals surface area contributed by atoms with Gasteiger partial charge in [0.1, 0.15) is 16.9 Å². The van der Waals surface area contributed by atoms with Crippen LogP contribution in [0.4, 0.5) is 0 Å². The van der Waals surface area contributed by atoms with E-state index in [0.717, 1.165) is 26.2 Å². The highest BCUT2D eigenvalue weighted by molar-refractivity contribution is 5.93. The molecule has 1 aliphatic heterocycles. The van der Waals surface area contributed by atoms with Gasteiger partial charge in [0.05, 0.1) is 11.6 Å². The van der Waals surface area contributed by atoms with E-state index < -0.39 is 5.63 Å². The molecule has 0 radical (unpaired) electrons. The van der Waals surface area contributed by atoms with Crippen molar-refractivity contribution >= 4 is 17.2 Å². The van der Waals surface area contributed by atoms with E-state index in [2.05, 4.69) is 17.0 Å². The molecule has 1 saturated heterocycles. The number of para-hydroxylation sites is 1. The molecule has 110 valence electrons. The molecular formula is C15H17N3O3. The van der Waals surface area contributed by atoms with E-state index in [-0.39, 0.29) is 11.3 Å². The summed E-state index contributed by atoms with van der Waals surface area (Å²) >= 11 is 0. The molecule has 0 bridgehead atoms. The molecule has 1 aromatic carbocycles. The highest BCUT2D eigenvalue weighted by atomic mass is 16.4. The van der Waals surface area contributed by atoms with Gasteiger partial charge >= 0.3 is 5.63 Å². The van der Waals surface area contributed by atoms with Crippen LogP contribution in [0.25, 0.3) is 11.0 Å². The fourth-order valence-corrected chi connectivity index (χ4v) is 2.31. The average Bonchev–Trinajstić information content (AvgIpc) is 2.49. The first-order chi connectivity index (χ1) is 10.1. The Hall–Kier alpha value is -2.34. The third-order valence-electron chi connectivity index (χ3n) is 3.65. The first-order valence-corrected chi connectivity index (χ1v) is 6.87. The number of nitrogens with zero attached hydrogens (tertiary/aromatic N) is 3. The van der Waals surface area contributed by atoms with Crippen LogP contribution in [-0.4, -0.2) is 54.5 Å². The maximum atomic E-state index is 11.9. The summed E-state index contributed by atoms with van der Waals surface area (Å²) in [5.41, 5.74) is -0.117. The minimum absolute atomic E-state index is 0.0836. The van der Waals surface area contributed by atoms with Crippen molar-refractivity contribution in [1.82, 2.24) is 9.91 Å². The molecule has 0 spiro atoms. The van der Waals surface area contributed by atoms with E-state index in [1.807, 2.05) is 5.01 Å². The summed E-state index contributed by atoms with van der Waals surface area (Å²) in [6.07, 6.45) is 1.39. The number of hydrogen-bond acceptors (Lipinski definition) is 6. The van der Waals surface area contributed by atoms with Crippen LogP contribution >= 0.6 is 0 Å². The first kappa shape index (κ1) is 13.6. The van der Waals surface area contributed by atoms with Gasteiger partial charge in [-0.25, -0.2) is 4.79 Å². The average molecular weight is 287 g/mol. The van der Waals surface area contributed by atoms with Crippen LogP contribution in [0.1, 0.15) is 5.56 Å². The summed E-state index contributed by atoms with van der Waals surface area (Å²) < 4.78 is 5.20. The van der Waals surface area contributed by atoms with Crippen molar-refractivity contribution in [2.45, 2.75) is 0 Å². The molecule has 2 heterocycles. The smallest absolute Gasteiger partial charge is 0.349 e. The van der Waals surface area contributed by atoms with Gasteiger partial charge in [0, 0.05) is 26.2 Å². The topological polar surface area (TPSA) is 69.3 Å². The summed E-state index contributed by atoms with van der Waals surface area (Å²) in [7, 11) is 2.06. The zero-order chi connectivity index (χ0) is 14.8. The predicted octanol–water partition coefficient (Wildman–Crippen LogP) is 1.08. The molecular weight excluding hydrogens is 270 g/mol. The second-order valence-corrected chi connectivity index (χ2v) is 5.15. The monoisotopic (exact) mass is 287 g/mol. The Morgan fingerprint density at radius 3 is 2.71 bits per heavy atom. The zero-order valence-electron chi connectivity index (χ0n) is 11.8. The number of fused-ring (bicyclic) bond motifs is 1. The van der Waals surface area contributed by atoms with E-state index in [1.165, 1.54) is 6.21 Å². The highest BCUT2D eigenvalue weighted by Crippen LogP contribution is 2.24. The van der Waals surface area contributed by atoms with Gasteiger partial charge in [-0.3, -0.25) is 5.01 Å². The van der Waals surface area contributed by atoms with Gasteiger partial charge in [0.15, 0.2) is 0 Å². The van der Waals surface area contributed by atoms with Gasteiger partial charge in [-0.05, 0) is 19.2 Å². The number of hydrogen-bond donors (Lipinski definition) is 1. The van der Waals surface area contributed by atoms with Crippen molar-refractivity contribution in [3.05, 3.63) is 40.2 Å². The third kappa shape index (κ3) is 2.75. The minimum Gasteiger partial charge on any atom is -0.506 e. The Balaban J connectivity index is 1.92. The molecule has 0 saturated carbocycles. The second kappa shape index (κ2) is 5.57. The molecule has 3 rings (SSSR count).